The van der Waals surface area contributed by atoms with Gasteiger partial charge in [-0.1, -0.05) is 6.92 Å². The third kappa shape index (κ3) is 6.58. The van der Waals surface area contributed by atoms with Gasteiger partial charge in [0.05, 0.1) is 12.7 Å². The lowest BCUT2D eigenvalue weighted by Crippen LogP contribution is -2.46. The molecule has 1 aliphatic rings. The summed E-state index contributed by atoms with van der Waals surface area (Å²) < 4.78 is 0. The average Bonchev–Trinajstić information content (AvgIpc) is 2.58. The molecule has 2 heterocycles. The fraction of sp³-hybridized carbons (Fsp3) is 0.625. The minimum atomic E-state index is -0.218. The number of amides is 1. The molecule has 1 saturated heterocycles. The molecule has 1 aromatic rings. The number of nitrogens with one attached hydrogen (secondary N) is 2. The molecule has 24 heavy (non-hydrogen) atoms. The fourth-order valence-corrected chi connectivity index (χ4v) is 2.65. The zero-order chi connectivity index (χ0) is 16.5. The van der Waals surface area contributed by atoms with Crippen molar-refractivity contribution in [1.82, 2.24) is 25.5 Å². The molecule has 1 fully saturated rings. The quantitative estimate of drug-likeness (QED) is 0.310. The van der Waals surface area contributed by atoms with Gasteiger partial charge in [0.25, 0.3) is 5.91 Å². The molecule has 0 bridgehead atoms. The van der Waals surface area contributed by atoms with Crippen LogP contribution in [0.2, 0.25) is 0 Å². The van der Waals surface area contributed by atoms with Gasteiger partial charge in [-0.15, -0.1) is 24.0 Å². The second kappa shape index (κ2) is 11.2. The van der Waals surface area contributed by atoms with E-state index in [1.165, 1.54) is 25.2 Å². The average molecular weight is 446 g/mol. The number of carbonyl (C=O) groups excluding carboxylic acids is 1. The van der Waals surface area contributed by atoms with Gasteiger partial charge in [0, 0.05) is 38.6 Å². The van der Waals surface area contributed by atoms with Gasteiger partial charge in [-0.25, -0.2) is 4.98 Å². The van der Waals surface area contributed by atoms with Gasteiger partial charge >= 0.3 is 0 Å². The van der Waals surface area contributed by atoms with Crippen molar-refractivity contribution in [1.29, 1.82) is 0 Å². The van der Waals surface area contributed by atoms with Crippen molar-refractivity contribution in [2.45, 2.75) is 26.7 Å². The number of carbonyl (C=O) groups is 1. The van der Waals surface area contributed by atoms with Gasteiger partial charge in [0.2, 0.25) is 0 Å². The van der Waals surface area contributed by atoms with E-state index in [4.69, 9.17) is 0 Å². The highest BCUT2D eigenvalue weighted by atomic mass is 127. The standard InChI is InChI=1S/C16H26N6O.HI/c1-3-18-16(22-10-4-5-13(2)12-22)21-9-8-20-15(23)14-11-17-6-7-19-14;/h6-7,11,13H,3-5,8-10,12H2,1-2H3,(H,18,21)(H,20,23);1H. The summed E-state index contributed by atoms with van der Waals surface area (Å²) in [7, 11) is 0. The topological polar surface area (TPSA) is 82.5 Å². The summed E-state index contributed by atoms with van der Waals surface area (Å²) in [6.45, 7) is 8.29. The Morgan fingerprint density at radius 3 is 2.92 bits per heavy atom. The zero-order valence-electron chi connectivity index (χ0n) is 14.4. The smallest absolute Gasteiger partial charge is 0.271 e. The van der Waals surface area contributed by atoms with E-state index in [-0.39, 0.29) is 29.9 Å². The number of rotatable bonds is 5. The summed E-state index contributed by atoms with van der Waals surface area (Å²) in [5.74, 6) is 1.42. The van der Waals surface area contributed by atoms with E-state index < -0.39 is 0 Å². The molecule has 2 N–H and O–H groups in total. The number of nitrogens with zero attached hydrogens (tertiary/aromatic N) is 4. The summed E-state index contributed by atoms with van der Waals surface area (Å²) in [6.07, 6.45) is 6.99. The first-order valence-corrected chi connectivity index (χ1v) is 8.28. The summed E-state index contributed by atoms with van der Waals surface area (Å²) >= 11 is 0. The van der Waals surface area contributed by atoms with Gasteiger partial charge in [-0.2, -0.15) is 0 Å². The van der Waals surface area contributed by atoms with Crippen molar-refractivity contribution in [3.8, 4) is 0 Å². The highest BCUT2D eigenvalue weighted by molar-refractivity contribution is 14.0. The van der Waals surface area contributed by atoms with E-state index in [1.54, 1.807) is 6.20 Å². The molecule has 1 unspecified atom stereocenters. The van der Waals surface area contributed by atoms with E-state index in [0.717, 1.165) is 25.6 Å². The Labute approximate surface area is 160 Å². The van der Waals surface area contributed by atoms with E-state index in [2.05, 4.69) is 44.3 Å². The lowest BCUT2D eigenvalue weighted by atomic mass is 10.0. The molecule has 7 nitrogen and oxygen atoms in total. The summed E-state index contributed by atoms with van der Waals surface area (Å²) in [6, 6.07) is 0. The van der Waals surface area contributed by atoms with Crippen molar-refractivity contribution in [2.75, 3.05) is 32.7 Å². The van der Waals surface area contributed by atoms with Crippen LogP contribution >= 0.6 is 24.0 Å². The maximum absolute atomic E-state index is 11.9. The van der Waals surface area contributed by atoms with Gasteiger partial charge in [0.1, 0.15) is 5.69 Å². The van der Waals surface area contributed by atoms with Crippen LogP contribution in [-0.2, 0) is 0 Å². The van der Waals surface area contributed by atoms with Gasteiger partial charge in [0.15, 0.2) is 5.96 Å². The lowest BCUT2D eigenvalue weighted by Gasteiger charge is -2.33. The Balaban J connectivity index is 0.00000288. The van der Waals surface area contributed by atoms with Crippen LogP contribution < -0.4 is 10.6 Å². The van der Waals surface area contributed by atoms with E-state index in [1.807, 2.05) is 0 Å². The minimum absolute atomic E-state index is 0. The molecule has 1 amide bonds. The van der Waals surface area contributed by atoms with Crippen LogP contribution in [0.4, 0.5) is 0 Å². The summed E-state index contributed by atoms with van der Waals surface area (Å²) in [4.78, 5) is 26.7. The fourth-order valence-electron chi connectivity index (χ4n) is 2.65. The second-order valence-electron chi connectivity index (χ2n) is 5.78. The molecule has 8 heteroatoms. The Kier molecular flexibility index (Phi) is 9.58. The number of likely N-dealkylation sites (tertiary alicyclic amines) is 1. The van der Waals surface area contributed by atoms with Crippen molar-refractivity contribution >= 4 is 35.8 Å². The number of piperidine rings is 1. The first-order chi connectivity index (χ1) is 11.2. The summed E-state index contributed by atoms with van der Waals surface area (Å²) in [5.41, 5.74) is 0.327. The number of aromatic nitrogens is 2. The highest BCUT2D eigenvalue weighted by Gasteiger charge is 2.18. The first kappa shape index (κ1) is 20.6. The molecule has 1 aliphatic heterocycles. The van der Waals surface area contributed by atoms with Crippen LogP contribution in [0.25, 0.3) is 0 Å². The van der Waals surface area contributed by atoms with Gasteiger partial charge < -0.3 is 15.5 Å². The molecule has 1 aromatic heterocycles. The van der Waals surface area contributed by atoms with Crippen LogP contribution in [0.15, 0.2) is 23.6 Å². The Morgan fingerprint density at radius 2 is 2.25 bits per heavy atom. The molecule has 0 spiro atoms. The van der Waals surface area contributed by atoms with Crippen LogP contribution in [0.5, 0.6) is 0 Å². The largest absolute Gasteiger partial charge is 0.357 e. The van der Waals surface area contributed by atoms with E-state index >= 15 is 0 Å². The monoisotopic (exact) mass is 446 g/mol. The predicted molar refractivity (Wildman–Crippen MR) is 106 cm³/mol. The number of hydrogen-bond acceptors (Lipinski definition) is 4. The number of halogens is 1. The third-order valence-corrected chi connectivity index (χ3v) is 3.75. The predicted octanol–water partition coefficient (Wildman–Crippen LogP) is 1.52. The van der Waals surface area contributed by atoms with Crippen molar-refractivity contribution in [2.24, 2.45) is 10.9 Å². The Morgan fingerprint density at radius 1 is 1.42 bits per heavy atom. The number of aliphatic imine (C=N–C) groups is 1. The molecule has 0 radical (unpaired) electrons. The normalized spacial score (nSPS) is 17.8. The van der Waals surface area contributed by atoms with Crippen LogP contribution in [-0.4, -0.2) is 59.5 Å². The van der Waals surface area contributed by atoms with Crippen LogP contribution in [0.3, 0.4) is 0 Å². The molecule has 0 aromatic carbocycles. The maximum Gasteiger partial charge on any atom is 0.271 e. The highest BCUT2D eigenvalue weighted by Crippen LogP contribution is 2.15. The molecule has 1 atom stereocenters. The summed E-state index contributed by atoms with van der Waals surface area (Å²) in [5, 5.41) is 6.15. The maximum atomic E-state index is 11.9. The van der Waals surface area contributed by atoms with Gasteiger partial charge in [-0.3, -0.25) is 14.8 Å². The van der Waals surface area contributed by atoms with Crippen molar-refractivity contribution in [3.63, 3.8) is 0 Å². The number of guanidine groups is 1. The molecule has 2 rings (SSSR count). The lowest BCUT2D eigenvalue weighted by molar-refractivity contribution is 0.0949. The Bertz CT molecular complexity index is 525. The second-order valence-corrected chi connectivity index (χ2v) is 5.78. The van der Waals surface area contributed by atoms with Crippen molar-refractivity contribution in [3.05, 3.63) is 24.3 Å². The van der Waals surface area contributed by atoms with Crippen LogP contribution in [0, 0.1) is 5.92 Å². The third-order valence-electron chi connectivity index (χ3n) is 3.75. The molecule has 0 saturated carbocycles. The molecule has 134 valence electrons. The van der Waals surface area contributed by atoms with E-state index in [0.29, 0.717) is 24.7 Å². The number of hydrogen-bond donors (Lipinski definition) is 2. The minimum Gasteiger partial charge on any atom is -0.357 e. The Hall–Kier alpha value is -1.45. The SMILES string of the molecule is CCNC(=NCCNC(=O)c1cnccn1)N1CCCC(C)C1.I. The molecular weight excluding hydrogens is 419 g/mol. The van der Waals surface area contributed by atoms with Crippen LogP contribution in [0.1, 0.15) is 37.2 Å². The molecular formula is C16H27IN6O. The zero-order valence-corrected chi connectivity index (χ0v) is 16.7. The van der Waals surface area contributed by atoms with E-state index in [9.17, 15) is 4.79 Å². The first-order valence-electron chi connectivity index (χ1n) is 8.28. The van der Waals surface area contributed by atoms with Crippen molar-refractivity contribution < 1.29 is 4.79 Å². The van der Waals surface area contributed by atoms with Gasteiger partial charge in [-0.05, 0) is 25.7 Å². The molecule has 0 aliphatic carbocycles.